The van der Waals surface area contributed by atoms with Crippen LogP contribution in [0.3, 0.4) is 0 Å². The maximum atomic E-state index is 12.3. The molecule has 0 aliphatic heterocycles. The lowest BCUT2D eigenvalue weighted by molar-refractivity contribution is -0.137. The minimum atomic E-state index is -0.920. The molecule has 0 aliphatic rings. The Morgan fingerprint density at radius 2 is 2.00 bits per heavy atom. The number of aromatic nitrogens is 2. The molecule has 0 aromatic carbocycles. The number of aliphatic carboxylic acids is 1. The number of aryl methyl sites for hydroxylation is 1. The fraction of sp³-hybridized carbons (Fsp3) is 0.636. The number of carbonyl (C=O) groups excluding carboxylic acids is 1. The third-order valence-corrected chi connectivity index (χ3v) is 3.27. The molecule has 0 saturated carbocycles. The van der Waals surface area contributed by atoms with Crippen molar-refractivity contribution in [3.05, 3.63) is 10.6 Å². The first-order valence-corrected chi connectivity index (χ1v) is 6.33. The molecule has 0 unspecified atom stereocenters. The van der Waals surface area contributed by atoms with E-state index in [1.807, 2.05) is 20.8 Å². The van der Waals surface area contributed by atoms with Gasteiger partial charge in [-0.25, -0.2) is 0 Å². The van der Waals surface area contributed by atoms with Gasteiger partial charge in [-0.2, -0.15) is 0 Å². The SMILES string of the molecule is Cc1nnsc1C(=O)N(CCC(=O)O)C(C)(C)C. The number of carboxylic acids is 1. The first-order chi connectivity index (χ1) is 8.23. The smallest absolute Gasteiger partial charge is 0.305 e. The van der Waals surface area contributed by atoms with Crippen molar-refractivity contribution in [3.63, 3.8) is 0 Å². The van der Waals surface area contributed by atoms with Gasteiger partial charge in [0.25, 0.3) is 5.91 Å². The molecule has 100 valence electrons. The predicted molar refractivity (Wildman–Crippen MR) is 67.7 cm³/mol. The highest BCUT2D eigenvalue weighted by atomic mass is 32.1. The summed E-state index contributed by atoms with van der Waals surface area (Å²) in [5.74, 6) is -1.13. The van der Waals surface area contributed by atoms with Crippen LogP contribution in [0.5, 0.6) is 0 Å². The van der Waals surface area contributed by atoms with Crippen molar-refractivity contribution in [1.82, 2.24) is 14.5 Å². The minimum Gasteiger partial charge on any atom is -0.481 e. The van der Waals surface area contributed by atoms with E-state index in [-0.39, 0.29) is 18.9 Å². The first-order valence-electron chi connectivity index (χ1n) is 5.56. The van der Waals surface area contributed by atoms with Crippen molar-refractivity contribution in [2.24, 2.45) is 0 Å². The molecule has 0 atom stereocenters. The molecule has 0 radical (unpaired) electrons. The molecular weight excluding hydrogens is 254 g/mol. The lowest BCUT2D eigenvalue weighted by Gasteiger charge is -2.35. The molecule has 18 heavy (non-hydrogen) atoms. The Bertz CT molecular complexity index is 451. The summed E-state index contributed by atoms with van der Waals surface area (Å²) in [6.45, 7) is 7.51. The summed E-state index contributed by atoms with van der Waals surface area (Å²) >= 11 is 1.04. The fourth-order valence-corrected chi connectivity index (χ4v) is 2.11. The molecule has 7 heteroatoms. The van der Waals surface area contributed by atoms with Crippen LogP contribution in [0.2, 0.25) is 0 Å². The summed E-state index contributed by atoms with van der Waals surface area (Å²) in [5.41, 5.74) is 0.137. The number of hydrogen-bond donors (Lipinski definition) is 1. The van der Waals surface area contributed by atoms with Gasteiger partial charge in [-0.1, -0.05) is 4.49 Å². The molecule has 0 bridgehead atoms. The van der Waals surface area contributed by atoms with Gasteiger partial charge in [0.1, 0.15) is 4.88 Å². The highest BCUT2D eigenvalue weighted by molar-refractivity contribution is 7.07. The van der Waals surface area contributed by atoms with Gasteiger partial charge < -0.3 is 10.0 Å². The van der Waals surface area contributed by atoms with Crippen LogP contribution < -0.4 is 0 Å². The number of amides is 1. The van der Waals surface area contributed by atoms with Crippen LogP contribution in [0.4, 0.5) is 0 Å². The minimum absolute atomic E-state index is 0.0751. The summed E-state index contributed by atoms with van der Waals surface area (Å²) in [6.07, 6.45) is -0.0751. The number of nitrogens with zero attached hydrogens (tertiary/aromatic N) is 3. The second-order valence-electron chi connectivity index (χ2n) is 4.96. The zero-order valence-corrected chi connectivity index (χ0v) is 11.7. The zero-order valence-electron chi connectivity index (χ0n) is 10.9. The average molecular weight is 271 g/mol. The summed E-state index contributed by atoms with van der Waals surface area (Å²) < 4.78 is 3.73. The van der Waals surface area contributed by atoms with E-state index in [0.717, 1.165) is 11.5 Å². The maximum Gasteiger partial charge on any atom is 0.305 e. The summed E-state index contributed by atoms with van der Waals surface area (Å²) in [5, 5.41) is 12.5. The lowest BCUT2D eigenvalue weighted by Crippen LogP contribution is -2.46. The Hall–Kier alpha value is -1.50. The average Bonchev–Trinajstić information content (AvgIpc) is 2.61. The Morgan fingerprint density at radius 1 is 1.39 bits per heavy atom. The van der Waals surface area contributed by atoms with Crippen molar-refractivity contribution < 1.29 is 14.7 Å². The molecule has 1 aromatic rings. The van der Waals surface area contributed by atoms with Crippen LogP contribution in [0.25, 0.3) is 0 Å². The molecule has 1 heterocycles. The molecule has 1 aromatic heterocycles. The van der Waals surface area contributed by atoms with Crippen LogP contribution in [0.15, 0.2) is 0 Å². The van der Waals surface area contributed by atoms with Crippen LogP contribution >= 0.6 is 11.5 Å². The second kappa shape index (κ2) is 5.43. The maximum absolute atomic E-state index is 12.3. The molecule has 0 fully saturated rings. The van der Waals surface area contributed by atoms with Gasteiger partial charge in [-0.05, 0) is 39.2 Å². The molecule has 1 N–H and O–H groups in total. The highest BCUT2D eigenvalue weighted by Gasteiger charge is 2.29. The van der Waals surface area contributed by atoms with E-state index < -0.39 is 11.5 Å². The summed E-state index contributed by atoms with van der Waals surface area (Å²) in [4.78, 5) is 25.0. The largest absolute Gasteiger partial charge is 0.481 e. The van der Waals surface area contributed by atoms with Crippen LogP contribution in [0.1, 0.15) is 42.6 Å². The van der Waals surface area contributed by atoms with Crippen molar-refractivity contribution >= 4 is 23.4 Å². The van der Waals surface area contributed by atoms with Gasteiger partial charge in [0.15, 0.2) is 0 Å². The van der Waals surface area contributed by atoms with Crippen molar-refractivity contribution in [1.29, 1.82) is 0 Å². The van der Waals surface area contributed by atoms with Crippen molar-refractivity contribution in [2.45, 2.75) is 39.7 Å². The van der Waals surface area contributed by atoms with E-state index in [9.17, 15) is 9.59 Å². The van der Waals surface area contributed by atoms with Crippen LogP contribution in [-0.2, 0) is 4.79 Å². The number of rotatable bonds is 4. The normalized spacial score (nSPS) is 11.3. The standard InChI is InChI=1S/C11H17N3O3S/c1-7-9(18-13-12-7)10(17)14(11(2,3)4)6-5-8(15)16/h5-6H2,1-4H3,(H,15,16). The molecular formula is C11H17N3O3S. The van der Waals surface area contributed by atoms with Crippen molar-refractivity contribution in [2.75, 3.05) is 6.54 Å². The Morgan fingerprint density at radius 3 is 2.39 bits per heavy atom. The van der Waals surface area contributed by atoms with E-state index in [1.165, 1.54) is 0 Å². The topological polar surface area (TPSA) is 83.4 Å². The van der Waals surface area contributed by atoms with Crippen LogP contribution in [-0.4, -0.2) is 43.6 Å². The van der Waals surface area contributed by atoms with E-state index in [2.05, 4.69) is 9.59 Å². The third kappa shape index (κ3) is 3.49. The zero-order chi connectivity index (χ0) is 13.9. The highest BCUT2D eigenvalue weighted by Crippen LogP contribution is 2.20. The van der Waals surface area contributed by atoms with E-state index in [1.54, 1.807) is 11.8 Å². The van der Waals surface area contributed by atoms with Gasteiger partial charge in [0, 0.05) is 12.1 Å². The third-order valence-electron chi connectivity index (χ3n) is 2.45. The van der Waals surface area contributed by atoms with E-state index in [0.29, 0.717) is 10.6 Å². The quantitative estimate of drug-likeness (QED) is 0.898. The van der Waals surface area contributed by atoms with E-state index >= 15 is 0 Å². The monoisotopic (exact) mass is 271 g/mol. The Balaban J connectivity index is 2.94. The lowest BCUT2D eigenvalue weighted by atomic mass is 10.0. The number of carbonyl (C=O) groups is 2. The second-order valence-corrected chi connectivity index (χ2v) is 5.71. The Labute approximate surface area is 110 Å². The molecule has 0 spiro atoms. The van der Waals surface area contributed by atoms with Gasteiger partial charge in [-0.3, -0.25) is 9.59 Å². The van der Waals surface area contributed by atoms with E-state index in [4.69, 9.17) is 5.11 Å². The Kier molecular flexibility index (Phi) is 4.39. The van der Waals surface area contributed by atoms with Gasteiger partial charge in [0.2, 0.25) is 0 Å². The first kappa shape index (κ1) is 14.6. The molecule has 1 rings (SSSR count). The number of carboxylic acid groups (broad SMARTS) is 1. The molecule has 0 aliphatic carbocycles. The number of hydrogen-bond acceptors (Lipinski definition) is 5. The predicted octanol–water partition coefficient (Wildman–Crippen LogP) is 1.56. The van der Waals surface area contributed by atoms with Crippen molar-refractivity contribution in [3.8, 4) is 0 Å². The molecule has 0 saturated heterocycles. The van der Waals surface area contributed by atoms with Gasteiger partial charge >= 0.3 is 5.97 Å². The summed E-state index contributed by atoms with van der Waals surface area (Å²) in [7, 11) is 0. The molecule has 1 amide bonds. The van der Waals surface area contributed by atoms with Gasteiger partial charge in [-0.15, -0.1) is 5.10 Å². The molecule has 6 nitrogen and oxygen atoms in total. The summed E-state index contributed by atoms with van der Waals surface area (Å²) in [6, 6.07) is 0. The van der Waals surface area contributed by atoms with Gasteiger partial charge in [0.05, 0.1) is 12.1 Å². The van der Waals surface area contributed by atoms with Crippen LogP contribution in [0, 0.1) is 6.92 Å². The fourth-order valence-electron chi connectivity index (χ4n) is 1.50.